The molecule has 0 unspecified atom stereocenters. The van der Waals surface area contributed by atoms with E-state index >= 15 is 0 Å². The van der Waals surface area contributed by atoms with Crippen molar-refractivity contribution in [3.63, 3.8) is 0 Å². The van der Waals surface area contributed by atoms with Crippen LogP contribution in [0.4, 0.5) is 0 Å². The monoisotopic (exact) mass is 756 g/mol. The van der Waals surface area contributed by atoms with E-state index < -0.39 is 0 Å². The first-order valence-corrected chi connectivity index (χ1v) is 20.1. The molecule has 1 aliphatic carbocycles. The second-order valence-electron chi connectivity index (χ2n) is 16.0. The van der Waals surface area contributed by atoms with Gasteiger partial charge in [-0.1, -0.05) is 141 Å². The molecule has 0 N–H and O–H groups in total. The van der Waals surface area contributed by atoms with Crippen molar-refractivity contribution in [2.45, 2.75) is 19.3 Å². The van der Waals surface area contributed by atoms with Gasteiger partial charge < -0.3 is 8.98 Å². The Morgan fingerprint density at radius 3 is 1.64 bits per heavy atom. The molecule has 0 radical (unpaired) electrons. The van der Waals surface area contributed by atoms with E-state index in [1.807, 2.05) is 66.7 Å². The molecule has 0 saturated heterocycles. The van der Waals surface area contributed by atoms with Crippen LogP contribution in [-0.4, -0.2) is 19.5 Å². The van der Waals surface area contributed by atoms with Crippen molar-refractivity contribution < 1.29 is 4.42 Å². The Bertz CT molecular complexity index is 3390. The largest absolute Gasteiger partial charge is 0.456 e. The maximum atomic E-state index is 6.59. The predicted molar refractivity (Wildman–Crippen MR) is 241 cm³/mol. The first-order valence-electron chi connectivity index (χ1n) is 20.1. The van der Waals surface area contributed by atoms with Crippen molar-refractivity contribution >= 4 is 43.7 Å². The lowest BCUT2D eigenvalue weighted by Crippen LogP contribution is -2.14. The summed E-state index contributed by atoms with van der Waals surface area (Å²) in [7, 11) is 0. The third-order valence-corrected chi connectivity index (χ3v) is 12.3. The zero-order chi connectivity index (χ0) is 39.2. The molecule has 1 aliphatic rings. The number of hydrogen-bond acceptors (Lipinski definition) is 4. The first kappa shape index (κ1) is 33.5. The summed E-state index contributed by atoms with van der Waals surface area (Å²) >= 11 is 0. The molecule has 3 heterocycles. The van der Waals surface area contributed by atoms with Crippen molar-refractivity contribution in [3.05, 3.63) is 193 Å². The van der Waals surface area contributed by atoms with E-state index in [2.05, 4.69) is 134 Å². The van der Waals surface area contributed by atoms with Crippen LogP contribution in [0, 0.1) is 0 Å². The topological polar surface area (TPSA) is 56.7 Å². The minimum atomic E-state index is -0.0767. The van der Waals surface area contributed by atoms with Crippen molar-refractivity contribution in [1.82, 2.24) is 19.5 Å². The van der Waals surface area contributed by atoms with Crippen molar-refractivity contribution in [2.24, 2.45) is 0 Å². The summed E-state index contributed by atoms with van der Waals surface area (Å²) in [6.45, 7) is 4.70. The zero-order valence-corrected chi connectivity index (χ0v) is 32.5. The fourth-order valence-electron chi connectivity index (χ4n) is 9.28. The lowest BCUT2D eigenvalue weighted by atomic mass is 9.82. The molecule has 3 aromatic heterocycles. The predicted octanol–water partition coefficient (Wildman–Crippen LogP) is 13.8. The molecule has 0 fully saturated rings. The molecule has 0 amide bonds. The smallest absolute Gasteiger partial charge is 0.164 e. The van der Waals surface area contributed by atoms with Gasteiger partial charge in [-0.05, 0) is 88.0 Å². The average molecular weight is 757 g/mol. The molecule has 59 heavy (non-hydrogen) atoms. The van der Waals surface area contributed by atoms with E-state index in [9.17, 15) is 0 Å². The maximum Gasteiger partial charge on any atom is 0.164 e. The van der Waals surface area contributed by atoms with Gasteiger partial charge in [-0.25, -0.2) is 15.0 Å². The summed E-state index contributed by atoms with van der Waals surface area (Å²) in [6.07, 6.45) is 0. The molecule has 5 heteroatoms. The molecule has 278 valence electrons. The minimum Gasteiger partial charge on any atom is -0.456 e. The Morgan fingerprint density at radius 1 is 0.390 bits per heavy atom. The van der Waals surface area contributed by atoms with Gasteiger partial charge >= 0.3 is 0 Å². The molecule has 8 aromatic carbocycles. The quantitative estimate of drug-likeness (QED) is 0.175. The number of fused-ring (bicyclic) bond motifs is 9. The SMILES string of the molecule is CC1(C)c2ccccc2-c2cc3c4ccccc4n(-c4ccc(-c5ccc6c(c5)oc5cc(-c7nc(-c8ccccc8)nc(-c8ccccc8)n7)ccc56)cc4)c3cc21. The lowest BCUT2D eigenvalue weighted by Gasteiger charge is -2.21. The highest BCUT2D eigenvalue weighted by Gasteiger charge is 2.36. The summed E-state index contributed by atoms with van der Waals surface area (Å²) in [5.74, 6) is 1.86. The van der Waals surface area contributed by atoms with E-state index in [0.29, 0.717) is 17.5 Å². The number of benzene rings is 8. The van der Waals surface area contributed by atoms with E-state index in [-0.39, 0.29) is 5.41 Å². The molecule has 0 spiro atoms. The van der Waals surface area contributed by atoms with Crippen LogP contribution < -0.4 is 0 Å². The Kier molecular flexibility index (Phi) is 7.20. The van der Waals surface area contributed by atoms with Crippen LogP contribution in [-0.2, 0) is 5.41 Å². The number of furan rings is 1. The first-order chi connectivity index (χ1) is 29.0. The molecular weight excluding hydrogens is 721 g/mol. The molecule has 0 saturated carbocycles. The van der Waals surface area contributed by atoms with Gasteiger partial charge in [0.2, 0.25) is 0 Å². The molecule has 0 atom stereocenters. The Balaban J connectivity index is 0.916. The summed E-state index contributed by atoms with van der Waals surface area (Å²) in [4.78, 5) is 14.7. The average Bonchev–Trinajstić information content (AvgIpc) is 3.90. The highest BCUT2D eigenvalue weighted by molar-refractivity contribution is 6.12. The Morgan fingerprint density at radius 2 is 0.949 bits per heavy atom. The second-order valence-corrected chi connectivity index (χ2v) is 16.0. The third-order valence-electron chi connectivity index (χ3n) is 12.3. The number of aromatic nitrogens is 4. The van der Waals surface area contributed by atoms with E-state index in [4.69, 9.17) is 19.4 Å². The molecule has 0 aliphatic heterocycles. The number of hydrogen-bond donors (Lipinski definition) is 0. The van der Waals surface area contributed by atoms with E-state index in [1.165, 1.54) is 44.1 Å². The zero-order valence-electron chi connectivity index (χ0n) is 32.5. The fraction of sp³-hybridized carbons (Fsp3) is 0.0556. The molecular formula is C54H36N4O. The van der Waals surface area contributed by atoms with Crippen LogP contribution in [0.25, 0.3) is 106 Å². The highest BCUT2D eigenvalue weighted by atomic mass is 16.3. The summed E-state index contributed by atoms with van der Waals surface area (Å²) in [5.41, 5.74) is 15.5. The normalized spacial score (nSPS) is 13.1. The standard InChI is InChI=1S/C54H36N4O/c1-54(2)45-19-11-9-17-39(45)43-31-44-40-18-10-12-20-47(40)58(48(44)32-46(43)54)38-25-21-33(22-26-38)36-23-27-41-42-28-24-37(30-50(42)59-49(41)29-36)53-56-51(34-13-5-3-6-14-34)55-52(57-53)35-15-7-4-8-16-35/h3-32H,1-2H3. The number of para-hydroxylation sites is 1. The summed E-state index contributed by atoms with van der Waals surface area (Å²) in [6, 6.07) is 64.3. The Labute approximate surface area is 340 Å². The van der Waals surface area contributed by atoms with Crippen LogP contribution >= 0.6 is 0 Å². The van der Waals surface area contributed by atoms with E-state index in [1.54, 1.807) is 0 Å². The van der Waals surface area contributed by atoms with Gasteiger partial charge in [-0.2, -0.15) is 0 Å². The van der Waals surface area contributed by atoms with Crippen LogP contribution in [0.3, 0.4) is 0 Å². The van der Waals surface area contributed by atoms with Gasteiger partial charge in [0.05, 0.1) is 11.0 Å². The molecule has 5 nitrogen and oxygen atoms in total. The van der Waals surface area contributed by atoms with Gasteiger partial charge in [-0.3, -0.25) is 0 Å². The number of nitrogens with zero attached hydrogens (tertiary/aromatic N) is 4. The Hall–Kier alpha value is -7.63. The lowest BCUT2D eigenvalue weighted by molar-refractivity contribution is 0.661. The fourth-order valence-corrected chi connectivity index (χ4v) is 9.28. The molecule has 11 aromatic rings. The third kappa shape index (κ3) is 5.21. The summed E-state index contributed by atoms with van der Waals surface area (Å²) in [5, 5.41) is 4.66. The minimum absolute atomic E-state index is 0.0767. The molecule has 12 rings (SSSR count). The highest BCUT2D eigenvalue weighted by Crippen LogP contribution is 2.51. The van der Waals surface area contributed by atoms with Gasteiger partial charge in [0.25, 0.3) is 0 Å². The number of rotatable bonds is 5. The van der Waals surface area contributed by atoms with Crippen molar-refractivity contribution in [1.29, 1.82) is 0 Å². The van der Waals surface area contributed by atoms with Crippen LogP contribution in [0.15, 0.2) is 186 Å². The van der Waals surface area contributed by atoms with Gasteiger partial charge in [0.15, 0.2) is 17.5 Å². The second kappa shape index (κ2) is 12.7. The van der Waals surface area contributed by atoms with Crippen LogP contribution in [0.2, 0.25) is 0 Å². The maximum absolute atomic E-state index is 6.59. The van der Waals surface area contributed by atoms with Crippen molar-refractivity contribution in [2.75, 3.05) is 0 Å². The van der Waals surface area contributed by atoms with Crippen LogP contribution in [0.1, 0.15) is 25.0 Å². The van der Waals surface area contributed by atoms with E-state index in [0.717, 1.165) is 55.4 Å². The van der Waals surface area contributed by atoms with Gasteiger partial charge in [0.1, 0.15) is 11.2 Å². The molecule has 0 bridgehead atoms. The summed E-state index contributed by atoms with van der Waals surface area (Å²) < 4.78 is 9.01. The van der Waals surface area contributed by atoms with Gasteiger partial charge in [-0.15, -0.1) is 0 Å². The van der Waals surface area contributed by atoms with Crippen LogP contribution in [0.5, 0.6) is 0 Å². The van der Waals surface area contributed by atoms with Crippen molar-refractivity contribution in [3.8, 4) is 62.1 Å². The van der Waals surface area contributed by atoms with Gasteiger partial charge in [0, 0.05) is 49.3 Å².